The standard InChI is InChI=1S/C10H20F3NO/c1-3-9(14-4-2)8-15-7-5-6-10(11,12)13/h9,14H,3-8H2,1-2H3. The smallest absolute Gasteiger partial charge is 0.380 e. The summed E-state index contributed by atoms with van der Waals surface area (Å²) in [6.45, 7) is 5.53. The largest absolute Gasteiger partial charge is 0.389 e. The molecule has 0 radical (unpaired) electrons. The van der Waals surface area contributed by atoms with Crippen LogP contribution >= 0.6 is 0 Å². The summed E-state index contributed by atoms with van der Waals surface area (Å²) in [5, 5.41) is 3.19. The molecular weight excluding hydrogens is 207 g/mol. The maximum Gasteiger partial charge on any atom is 0.389 e. The van der Waals surface area contributed by atoms with Gasteiger partial charge in [0.15, 0.2) is 0 Å². The second-order valence-corrected chi connectivity index (χ2v) is 3.46. The van der Waals surface area contributed by atoms with E-state index >= 15 is 0 Å². The maximum absolute atomic E-state index is 11.8. The van der Waals surface area contributed by atoms with Crippen molar-refractivity contribution in [2.24, 2.45) is 0 Å². The quantitative estimate of drug-likeness (QED) is 0.644. The third-order valence-corrected chi connectivity index (χ3v) is 2.05. The molecule has 1 N–H and O–H groups in total. The number of halogens is 3. The Kier molecular flexibility index (Phi) is 7.78. The Balaban J connectivity index is 3.36. The topological polar surface area (TPSA) is 21.3 Å². The third kappa shape index (κ3) is 10.0. The van der Waals surface area contributed by atoms with Crippen LogP contribution in [0.5, 0.6) is 0 Å². The second-order valence-electron chi connectivity index (χ2n) is 3.46. The highest BCUT2D eigenvalue weighted by Crippen LogP contribution is 2.20. The summed E-state index contributed by atoms with van der Waals surface area (Å²) in [5.74, 6) is 0. The summed E-state index contributed by atoms with van der Waals surface area (Å²) in [5.41, 5.74) is 0. The fraction of sp³-hybridized carbons (Fsp3) is 1.00. The molecule has 0 rings (SSSR count). The first-order valence-corrected chi connectivity index (χ1v) is 5.37. The Morgan fingerprint density at radius 3 is 2.40 bits per heavy atom. The molecule has 92 valence electrons. The number of ether oxygens (including phenoxy) is 1. The summed E-state index contributed by atoms with van der Waals surface area (Å²) in [7, 11) is 0. The summed E-state index contributed by atoms with van der Waals surface area (Å²) in [6, 6.07) is 0.251. The van der Waals surface area contributed by atoms with Gasteiger partial charge in [-0.3, -0.25) is 0 Å². The summed E-state index contributed by atoms with van der Waals surface area (Å²) < 4.78 is 40.5. The molecule has 0 heterocycles. The Labute approximate surface area is 89.2 Å². The van der Waals surface area contributed by atoms with Gasteiger partial charge in [0.2, 0.25) is 0 Å². The fourth-order valence-corrected chi connectivity index (χ4v) is 1.21. The van der Waals surface area contributed by atoms with Gasteiger partial charge in [-0.05, 0) is 19.4 Å². The van der Waals surface area contributed by atoms with E-state index in [4.69, 9.17) is 4.74 Å². The number of likely N-dealkylation sites (N-methyl/N-ethyl adjacent to an activating group) is 1. The van der Waals surface area contributed by atoms with Gasteiger partial charge < -0.3 is 10.1 Å². The Morgan fingerprint density at radius 1 is 1.27 bits per heavy atom. The molecule has 1 unspecified atom stereocenters. The van der Waals surface area contributed by atoms with Gasteiger partial charge in [-0.25, -0.2) is 0 Å². The normalized spacial score (nSPS) is 14.2. The Morgan fingerprint density at radius 2 is 1.93 bits per heavy atom. The molecule has 0 bridgehead atoms. The molecule has 0 aliphatic carbocycles. The summed E-state index contributed by atoms with van der Waals surface area (Å²) in [6.07, 6.45) is -3.85. The van der Waals surface area contributed by atoms with Crippen LogP contribution in [0.15, 0.2) is 0 Å². The summed E-state index contributed by atoms with van der Waals surface area (Å²) >= 11 is 0. The first-order valence-electron chi connectivity index (χ1n) is 5.37. The van der Waals surface area contributed by atoms with Crippen LogP contribution < -0.4 is 5.32 Å². The van der Waals surface area contributed by atoms with Crippen molar-refractivity contribution < 1.29 is 17.9 Å². The van der Waals surface area contributed by atoms with Crippen molar-refractivity contribution >= 4 is 0 Å². The molecule has 5 heteroatoms. The SMILES string of the molecule is CCNC(CC)COCCCC(F)(F)F. The fourth-order valence-electron chi connectivity index (χ4n) is 1.21. The van der Waals surface area contributed by atoms with Crippen molar-refractivity contribution in [3.8, 4) is 0 Å². The minimum atomic E-state index is -4.06. The Hall–Kier alpha value is -0.290. The number of alkyl halides is 3. The van der Waals surface area contributed by atoms with Gasteiger partial charge in [-0.1, -0.05) is 13.8 Å². The number of hydrogen-bond acceptors (Lipinski definition) is 2. The molecule has 0 aromatic rings. The average molecular weight is 227 g/mol. The zero-order valence-corrected chi connectivity index (χ0v) is 9.36. The molecule has 15 heavy (non-hydrogen) atoms. The van der Waals surface area contributed by atoms with E-state index in [0.29, 0.717) is 6.61 Å². The summed E-state index contributed by atoms with van der Waals surface area (Å²) in [4.78, 5) is 0. The van der Waals surface area contributed by atoms with Crippen LogP contribution in [0.3, 0.4) is 0 Å². The van der Waals surface area contributed by atoms with Crippen molar-refractivity contribution in [1.82, 2.24) is 5.32 Å². The van der Waals surface area contributed by atoms with E-state index in [1.54, 1.807) is 0 Å². The molecule has 0 saturated carbocycles. The van der Waals surface area contributed by atoms with Gasteiger partial charge in [-0.15, -0.1) is 0 Å². The van der Waals surface area contributed by atoms with Gasteiger partial charge in [0.25, 0.3) is 0 Å². The first kappa shape index (κ1) is 14.7. The molecule has 0 amide bonds. The van der Waals surface area contributed by atoms with Gasteiger partial charge in [-0.2, -0.15) is 13.2 Å². The van der Waals surface area contributed by atoms with Gasteiger partial charge >= 0.3 is 6.18 Å². The van der Waals surface area contributed by atoms with Crippen molar-refractivity contribution in [2.45, 2.75) is 45.3 Å². The molecule has 0 aromatic carbocycles. The van der Waals surface area contributed by atoms with E-state index in [2.05, 4.69) is 5.32 Å². The zero-order chi connectivity index (χ0) is 11.7. The maximum atomic E-state index is 11.8. The zero-order valence-electron chi connectivity index (χ0n) is 9.36. The lowest BCUT2D eigenvalue weighted by Gasteiger charge is -2.15. The van der Waals surface area contributed by atoms with Gasteiger partial charge in [0.1, 0.15) is 0 Å². The molecule has 0 aromatic heterocycles. The molecule has 0 aliphatic heterocycles. The third-order valence-electron chi connectivity index (χ3n) is 2.05. The van der Waals surface area contributed by atoms with Crippen LogP contribution in [-0.4, -0.2) is 32.0 Å². The molecular formula is C10H20F3NO. The van der Waals surface area contributed by atoms with E-state index in [0.717, 1.165) is 13.0 Å². The van der Waals surface area contributed by atoms with E-state index in [1.807, 2.05) is 13.8 Å². The minimum Gasteiger partial charge on any atom is -0.380 e. The van der Waals surface area contributed by atoms with E-state index in [1.165, 1.54) is 0 Å². The predicted molar refractivity (Wildman–Crippen MR) is 53.9 cm³/mol. The van der Waals surface area contributed by atoms with Gasteiger partial charge in [0.05, 0.1) is 6.61 Å². The Bertz CT molecular complexity index is 150. The van der Waals surface area contributed by atoms with Crippen LogP contribution in [0.2, 0.25) is 0 Å². The van der Waals surface area contributed by atoms with Crippen molar-refractivity contribution in [3.63, 3.8) is 0 Å². The highest BCUT2D eigenvalue weighted by molar-refractivity contribution is 4.62. The van der Waals surface area contributed by atoms with Crippen LogP contribution in [-0.2, 0) is 4.74 Å². The van der Waals surface area contributed by atoms with Crippen molar-refractivity contribution in [1.29, 1.82) is 0 Å². The van der Waals surface area contributed by atoms with Crippen LogP contribution in [0.25, 0.3) is 0 Å². The average Bonchev–Trinajstić information content (AvgIpc) is 2.14. The molecule has 0 saturated heterocycles. The molecule has 2 nitrogen and oxygen atoms in total. The lowest BCUT2D eigenvalue weighted by Crippen LogP contribution is -2.32. The minimum absolute atomic E-state index is 0.0477. The molecule has 1 atom stereocenters. The molecule has 0 spiro atoms. The number of nitrogens with one attached hydrogen (secondary N) is 1. The van der Waals surface area contributed by atoms with Crippen LogP contribution in [0.1, 0.15) is 33.1 Å². The lowest BCUT2D eigenvalue weighted by molar-refractivity contribution is -0.138. The number of hydrogen-bond donors (Lipinski definition) is 1. The van der Waals surface area contributed by atoms with Gasteiger partial charge in [0, 0.05) is 19.1 Å². The molecule has 0 fully saturated rings. The predicted octanol–water partition coefficient (Wildman–Crippen LogP) is 2.73. The highest BCUT2D eigenvalue weighted by atomic mass is 19.4. The van der Waals surface area contributed by atoms with Crippen molar-refractivity contribution in [2.75, 3.05) is 19.8 Å². The second kappa shape index (κ2) is 7.93. The van der Waals surface area contributed by atoms with Crippen LogP contribution in [0.4, 0.5) is 13.2 Å². The van der Waals surface area contributed by atoms with E-state index in [-0.39, 0.29) is 19.1 Å². The highest BCUT2D eigenvalue weighted by Gasteiger charge is 2.25. The molecule has 0 aliphatic rings. The number of rotatable bonds is 8. The van der Waals surface area contributed by atoms with Crippen LogP contribution in [0, 0.1) is 0 Å². The monoisotopic (exact) mass is 227 g/mol. The van der Waals surface area contributed by atoms with E-state index in [9.17, 15) is 13.2 Å². The van der Waals surface area contributed by atoms with Crippen molar-refractivity contribution in [3.05, 3.63) is 0 Å². The lowest BCUT2D eigenvalue weighted by atomic mass is 10.2. The first-order chi connectivity index (χ1) is 6.99. The van der Waals surface area contributed by atoms with E-state index < -0.39 is 12.6 Å².